The Labute approximate surface area is 92.7 Å². The molecule has 1 aromatic rings. The van der Waals surface area contributed by atoms with Crippen LogP contribution in [0.1, 0.15) is 30.2 Å². The molecule has 0 aliphatic heterocycles. The number of aromatic nitrogens is 1. The fourth-order valence-electron chi connectivity index (χ4n) is 1.10. The Morgan fingerprint density at radius 1 is 1.38 bits per heavy atom. The Morgan fingerprint density at radius 2 is 2.06 bits per heavy atom. The zero-order valence-corrected chi connectivity index (χ0v) is 9.24. The molecule has 0 unspecified atom stereocenters. The summed E-state index contributed by atoms with van der Waals surface area (Å²) in [6.45, 7) is 3.79. The zero-order valence-electron chi connectivity index (χ0n) is 9.24. The van der Waals surface area contributed by atoms with Gasteiger partial charge in [0.05, 0.1) is 18.7 Å². The lowest BCUT2D eigenvalue weighted by Gasteiger charge is -2.00. The highest BCUT2D eigenvalue weighted by atomic mass is 16.4. The highest BCUT2D eigenvalue weighted by molar-refractivity contribution is 5.80. The van der Waals surface area contributed by atoms with Crippen LogP contribution >= 0.6 is 0 Å². The Balaban J connectivity index is 2.34. The van der Waals surface area contributed by atoms with Crippen molar-refractivity contribution in [3.05, 3.63) is 17.3 Å². The van der Waals surface area contributed by atoms with E-state index in [9.17, 15) is 9.59 Å². The van der Waals surface area contributed by atoms with Crippen LogP contribution < -0.4 is 5.32 Å². The predicted octanol–water partition coefficient (Wildman–Crippen LogP) is 0.772. The van der Waals surface area contributed by atoms with Crippen molar-refractivity contribution in [2.45, 2.75) is 33.2 Å². The first-order valence-corrected chi connectivity index (χ1v) is 4.90. The van der Waals surface area contributed by atoms with E-state index in [4.69, 9.17) is 9.52 Å². The lowest BCUT2D eigenvalue weighted by Crippen LogP contribution is -2.23. The first kappa shape index (κ1) is 12.2. The van der Waals surface area contributed by atoms with Crippen molar-refractivity contribution in [1.82, 2.24) is 10.3 Å². The number of rotatable bonds is 5. The van der Waals surface area contributed by atoms with Gasteiger partial charge in [0.15, 0.2) is 0 Å². The first-order valence-electron chi connectivity index (χ1n) is 4.90. The third kappa shape index (κ3) is 3.72. The van der Waals surface area contributed by atoms with Crippen LogP contribution in [0.3, 0.4) is 0 Å². The molecule has 6 nitrogen and oxygen atoms in total. The molecule has 1 amide bonds. The number of carbonyl (C=O) groups is 2. The van der Waals surface area contributed by atoms with Gasteiger partial charge in [-0.1, -0.05) is 0 Å². The minimum absolute atomic E-state index is 0.0337. The van der Waals surface area contributed by atoms with E-state index in [0.29, 0.717) is 5.89 Å². The molecule has 0 aliphatic rings. The normalized spacial score (nSPS) is 10.1. The Bertz CT molecular complexity index is 378. The highest BCUT2D eigenvalue weighted by Crippen LogP contribution is 2.07. The number of amides is 1. The molecule has 0 aliphatic carbocycles. The van der Waals surface area contributed by atoms with Crippen molar-refractivity contribution in [3.8, 4) is 0 Å². The Hall–Kier alpha value is -1.85. The van der Waals surface area contributed by atoms with Gasteiger partial charge in [-0.3, -0.25) is 9.59 Å². The summed E-state index contributed by atoms with van der Waals surface area (Å²) in [4.78, 5) is 25.5. The highest BCUT2D eigenvalue weighted by Gasteiger charge is 2.08. The Kier molecular flexibility index (Phi) is 4.04. The van der Waals surface area contributed by atoms with Gasteiger partial charge in [-0.2, -0.15) is 0 Å². The van der Waals surface area contributed by atoms with Crippen molar-refractivity contribution >= 4 is 11.9 Å². The summed E-state index contributed by atoms with van der Waals surface area (Å²) < 4.78 is 5.25. The molecule has 88 valence electrons. The number of hydrogen-bond acceptors (Lipinski definition) is 4. The lowest BCUT2D eigenvalue weighted by molar-refractivity contribution is -0.138. The molecule has 0 saturated heterocycles. The van der Waals surface area contributed by atoms with Gasteiger partial charge in [-0.15, -0.1) is 0 Å². The fraction of sp³-hybridized carbons (Fsp3) is 0.500. The standard InChI is InChI=1S/C10H14N2O4/c1-6-7(2)16-9(12-6)5-11-8(13)3-4-10(14)15/h3-5H2,1-2H3,(H,11,13)(H,14,15). The van der Waals surface area contributed by atoms with Crippen LogP contribution in [0.5, 0.6) is 0 Å². The molecular weight excluding hydrogens is 212 g/mol. The quantitative estimate of drug-likeness (QED) is 0.773. The maximum Gasteiger partial charge on any atom is 0.303 e. The van der Waals surface area contributed by atoms with Gasteiger partial charge in [0.2, 0.25) is 11.8 Å². The van der Waals surface area contributed by atoms with Crippen molar-refractivity contribution in [2.24, 2.45) is 0 Å². The van der Waals surface area contributed by atoms with E-state index in [0.717, 1.165) is 11.5 Å². The maximum atomic E-state index is 11.2. The van der Waals surface area contributed by atoms with Crippen LogP contribution in [-0.2, 0) is 16.1 Å². The van der Waals surface area contributed by atoms with Crippen molar-refractivity contribution < 1.29 is 19.1 Å². The molecule has 1 heterocycles. The van der Waals surface area contributed by atoms with Crippen LogP contribution in [-0.4, -0.2) is 22.0 Å². The minimum Gasteiger partial charge on any atom is -0.481 e. The summed E-state index contributed by atoms with van der Waals surface area (Å²) in [6, 6.07) is 0. The topological polar surface area (TPSA) is 92.4 Å². The van der Waals surface area contributed by atoms with Crippen LogP contribution in [0, 0.1) is 13.8 Å². The number of carboxylic acid groups (broad SMARTS) is 1. The number of carboxylic acids is 1. The third-order valence-corrected chi connectivity index (χ3v) is 2.08. The molecule has 0 radical (unpaired) electrons. The Morgan fingerprint density at radius 3 is 2.56 bits per heavy atom. The number of oxazole rings is 1. The summed E-state index contributed by atoms with van der Waals surface area (Å²) in [5.74, 6) is -0.165. The number of aryl methyl sites for hydroxylation is 2. The van der Waals surface area contributed by atoms with Gasteiger partial charge in [0, 0.05) is 6.42 Å². The molecule has 0 atom stereocenters. The number of aliphatic carboxylic acids is 1. The minimum atomic E-state index is -0.988. The van der Waals surface area contributed by atoms with Crippen molar-refractivity contribution in [2.75, 3.05) is 0 Å². The molecule has 1 rings (SSSR count). The summed E-state index contributed by atoms with van der Waals surface area (Å²) in [6.07, 6.45) is -0.205. The van der Waals surface area contributed by atoms with Crippen LogP contribution in [0.25, 0.3) is 0 Å². The molecule has 0 spiro atoms. The second-order valence-corrected chi connectivity index (χ2v) is 3.42. The predicted molar refractivity (Wildman–Crippen MR) is 54.7 cm³/mol. The van der Waals surface area contributed by atoms with E-state index in [-0.39, 0.29) is 25.3 Å². The third-order valence-electron chi connectivity index (χ3n) is 2.08. The van der Waals surface area contributed by atoms with Gasteiger partial charge in [-0.05, 0) is 13.8 Å². The zero-order chi connectivity index (χ0) is 12.1. The number of nitrogens with one attached hydrogen (secondary N) is 1. The SMILES string of the molecule is Cc1nc(CNC(=O)CCC(=O)O)oc1C. The van der Waals surface area contributed by atoms with Gasteiger partial charge in [-0.25, -0.2) is 4.98 Å². The molecular formula is C10H14N2O4. The summed E-state index contributed by atoms with van der Waals surface area (Å²) in [7, 11) is 0. The summed E-state index contributed by atoms with van der Waals surface area (Å²) >= 11 is 0. The largest absolute Gasteiger partial charge is 0.481 e. The molecule has 2 N–H and O–H groups in total. The molecule has 0 saturated carbocycles. The second-order valence-electron chi connectivity index (χ2n) is 3.42. The summed E-state index contributed by atoms with van der Waals surface area (Å²) in [5, 5.41) is 10.9. The van der Waals surface area contributed by atoms with Crippen LogP contribution in [0.2, 0.25) is 0 Å². The van der Waals surface area contributed by atoms with Gasteiger partial charge < -0.3 is 14.8 Å². The molecule has 16 heavy (non-hydrogen) atoms. The van der Waals surface area contributed by atoms with E-state index >= 15 is 0 Å². The average Bonchev–Trinajstić information content (AvgIpc) is 2.52. The van der Waals surface area contributed by atoms with E-state index in [1.807, 2.05) is 6.92 Å². The monoisotopic (exact) mass is 226 g/mol. The first-order chi connectivity index (χ1) is 7.49. The van der Waals surface area contributed by atoms with E-state index in [2.05, 4.69) is 10.3 Å². The smallest absolute Gasteiger partial charge is 0.303 e. The maximum absolute atomic E-state index is 11.2. The second kappa shape index (κ2) is 5.29. The van der Waals surface area contributed by atoms with Gasteiger partial charge in [0.25, 0.3) is 0 Å². The fourth-order valence-corrected chi connectivity index (χ4v) is 1.10. The van der Waals surface area contributed by atoms with E-state index in [1.54, 1.807) is 6.92 Å². The van der Waals surface area contributed by atoms with E-state index < -0.39 is 5.97 Å². The average molecular weight is 226 g/mol. The van der Waals surface area contributed by atoms with Crippen molar-refractivity contribution in [1.29, 1.82) is 0 Å². The molecule has 0 bridgehead atoms. The molecule has 1 aromatic heterocycles. The molecule has 0 fully saturated rings. The van der Waals surface area contributed by atoms with Gasteiger partial charge >= 0.3 is 5.97 Å². The summed E-state index contributed by atoms with van der Waals surface area (Å²) in [5.41, 5.74) is 0.787. The molecule has 0 aromatic carbocycles. The number of carbonyl (C=O) groups excluding carboxylic acids is 1. The van der Waals surface area contributed by atoms with Crippen LogP contribution in [0.4, 0.5) is 0 Å². The van der Waals surface area contributed by atoms with Crippen molar-refractivity contribution in [3.63, 3.8) is 0 Å². The lowest BCUT2D eigenvalue weighted by atomic mass is 10.3. The van der Waals surface area contributed by atoms with E-state index in [1.165, 1.54) is 0 Å². The number of hydrogen-bond donors (Lipinski definition) is 2. The molecule has 6 heteroatoms. The number of nitrogens with zero attached hydrogens (tertiary/aromatic N) is 1. The van der Waals surface area contributed by atoms with Gasteiger partial charge in [0.1, 0.15) is 5.76 Å². The van der Waals surface area contributed by atoms with Crippen LogP contribution in [0.15, 0.2) is 4.42 Å².